The monoisotopic (exact) mass is 529 g/mol. The molecule has 1 N–H and O–H groups in total. The van der Waals surface area contributed by atoms with E-state index in [9.17, 15) is 4.79 Å². The first-order valence-electron chi connectivity index (χ1n) is 13.9. The fourth-order valence-corrected chi connectivity index (χ4v) is 5.40. The first kappa shape index (κ1) is 26.9. The molecule has 0 amide bonds. The number of hydrogen-bond acceptors (Lipinski definition) is 7. The van der Waals surface area contributed by atoms with Gasteiger partial charge in [0.1, 0.15) is 11.8 Å². The highest BCUT2D eigenvalue weighted by Gasteiger charge is 2.36. The Balaban J connectivity index is 1.57. The number of aryl methyl sites for hydroxylation is 1. The number of aromatic amines is 1. The first-order valence-corrected chi connectivity index (χ1v) is 13.9. The normalized spacial score (nSPS) is 15.6. The molecular formula is C30H39N7O2. The van der Waals surface area contributed by atoms with E-state index in [1.165, 1.54) is 16.8 Å². The maximum atomic E-state index is 13.6. The Hall–Kier alpha value is -3.72. The number of nitrogens with zero attached hydrogens (tertiary/aromatic N) is 6. The molecule has 4 aromatic rings. The molecule has 0 bridgehead atoms. The summed E-state index contributed by atoms with van der Waals surface area (Å²) < 4.78 is 7.64. The van der Waals surface area contributed by atoms with Crippen LogP contribution < -0.4 is 15.2 Å². The largest absolute Gasteiger partial charge is 0.494 e. The molecule has 2 aromatic carbocycles. The summed E-state index contributed by atoms with van der Waals surface area (Å²) in [6.45, 7) is 16.5. The molecule has 3 heterocycles. The van der Waals surface area contributed by atoms with Crippen LogP contribution in [0.3, 0.4) is 0 Å². The van der Waals surface area contributed by atoms with Crippen LogP contribution in [-0.4, -0.2) is 62.9 Å². The fourth-order valence-electron chi connectivity index (χ4n) is 5.40. The molecule has 1 fully saturated rings. The average molecular weight is 530 g/mol. The first-order chi connectivity index (χ1) is 18.7. The second-order valence-corrected chi connectivity index (χ2v) is 11.0. The maximum absolute atomic E-state index is 13.6. The molecule has 5 rings (SSSR count). The third-order valence-corrected chi connectivity index (χ3v) is 8.22. The molecule has 206 valence electrons. The number of aromatic nitrogens is 5. The van der Waals surface area contributed by atoms with Crippen molar-refractivity contribution in [3.05, 3.63) is 75.3 Å². The lowest BCUT2D eigenvalue weighted by Gasteiger charge is -2.40. The molecule has 39 heavy (non-hydrogen) atoms. The summed E-state index contributed by atoms with van der Waals surface area (Å²) in [5.74, 6) is 1.46. The van der Waals surface area contributed by atoms with Crippen molar-refractivity contribution in [3.8, 4) is 5.75 Å². The summed E-state index contributed by atoms with van der Waals surface area (Å²) in [6.07, 6.45) is 0.851. The Bertz CT molecular complexity index is 1520. The van der Waals surface area contributed by atoms with E-state index in [2.05, 4.69) is 83.1 Å². The quantitative estimate of drug-likeness (QED) is 0.357. The van der Waals surface area contributed by atoms with Gasteiger partial charge in [0.2, 0.25) is 0 Å². The van der Waals surface area contributed by atoms with Gasteiger partial charge in [0.15, 0.2) is 5.82 Å². The highest BCUT2D eigenvalue weighted by molar-refractivity contribution is 5.80. The number of tetrazole rings is 1. The van der Waals surface area contributed by atoms with Crippen LogP contribution in [0.4, 0.5) is 5.69 Å². The van der Waals surface area contributed by atoms with Crippen molar-refractivity contribution in [2.45, 2.75) is 59.5 Å². The van der Waals surface area contributed by atoms with Crippen LogP contribution in [0.5, 0.6) is 5.75 Å². The van der Waals surface area contributed by atoms with E-state index in [-0.39, 0.29) is 11.1 Å². The number of anilines is 1. The number of fused-ring (bicyclic) bond motifs is 1. The van der Waals surface area contributed by atoms with Gasteiger partial charge in [-0.05, 0) is 92.9 Å². The highest BCUT2D eigenvalue weighted by Crippen LogP contribution is 2.33. The van der Waals surface area contributed by atoms with E-state index < -0.39 is 6.04 Å². The lowest BCUT2D eigenvalue weighted by atomic mass is 9.98. The zero-order valence-corrected chi connectivity index (χ0v) is 23.9. The molecule has 0 aliphatic carbocycles. The van der Waals surface area contributed by atoms with Gasteiger partial charge in [-0.2, -0.15) is 0 Å². The van der Waals surface area contributed by atoms with E-state index in [0.717, 1.165) is 49.3 Å². The zero-order valence-electron chi connectivity index (χ0n) is 23.9. The molecular weight excluding hydrogens is 490 g/mol. The molecule has 1 aliphatic rings. The fraction of sp³-hybridized carbons (Fsp3) is 0.467. The Morgan fingerprint density at radius 1 is 1.05 bits per heavy atom. The van der Waals surface area contributed by atoms with Crippen LogP contribution >= 0.6 is 0 Å². The number of ether oxygens (including phenoxy) is 1. The summed E-state index contributed by atoms with van der Waals surface area (Å²) in [5, 5.41) is 13.9. The molecule has 1 saturated heterocycles. The van der Waals surface area contributed by atoms with E-state index in [1.54, 1.807) is 0 Å². The number of benzene rings is 2. The molecule has 0 spiro atoms. The highest BCUT2D eigenvalue weighted by atomic mass is 16.5. The van der Waals surface area contributed by atoms with Crippen molar-refractivity contribution in [2.75, 3.05) is 37.7 Å². The summed E-state index contributed by atoms with van der Waals surface area (Å²) in [6, 6.07) is 13.8. The molecule has 1 atom stereocenters. The van der Waals surface area contributed by atoms with Crippen LogP contribution in [-0.2, 0) is 5.54 Å². The lowest BCUT2D eigenvalue weighted by Crippen LogP contribution is -2.49. The summed E-state index contributed by atoms with van der Waals surface area (Å²) in [5.41, 5.74) is 4.87. The molecule has 0 saturated carbocycles. The maximum Gasteiger partial charge on any atom is 0.253 e. The van der Waals surface area contributed by atoms with Crippen molar-refractivity contribution >= 4 is 16.6 Å². The van der Waals surface area contributed by atoms with E-state index in [4.69, 9.17) is 4.74 Å². The molecule has 2 aromatic heterocycles. The number of H-pyrrole nitrogens is 1. The van der Waals surface area contributed by atoms with Crippen molar-refractivity contribution < 1.29 is 4.74 Å². The summed E-state index contributed by atoms with van der Waals surface area (Å²) in [7, 11) is 0. The van der Waals surface area contributed by atoms with Gasteiger partial charge in [-0.1, -0.05) is 19.1 Å². The van der Waals surface area contributed by atoms with E-state index in [1.807, 2.05) is 35.9 Å². The Kier molecular flexibility index (Phi) is 7.44. The number of nitrogens with one attached hydrogen (secondary N) is 1. The summed E-state index contributed by atoms with van der Waals surface area (Å²) >= 11 is 0. The third kappa shape index (κ3) is 5.15. The van der Waals surface area contributed by atoms with Crippen LogP contribution in [0.2, 0.25) is 0 Å². The van der Waals surface area contributed by atoms with Gasteiger partial charge in [-0.3, -0.25) is 9.69 Å². The second-order valence-electron chi connectivity index (χ2n) is 11.0. The SMILES string of the molecule is CCOc1ccc2[nH]c(=O)c([C@@H](c3nnnn3C(C)(C)CC)N3CCN(c4cccc(C)c4C)CC3)cc2c1. The standard InChI is InChI=1S/C30H39N7O2/c1-7-30(5,6)37-28(32-33-34-37)27(24-19-22-18-23(39-8-2)12-13-25(22)31-29(24)38)36-16-14-35(15-17-36)26-11-9-10-20(3)21(26)4/h9-13,18-19,27H,7-8,14-17H2,1-6H3,(H,31,38)/t27-/m0/s1. The molecule has 0 unspecified atom stereocenters. The topological polar surface area (TPSA) is 92.2 Å². The average Bonchev–Trinajstić information content (AvgIpc) is 3.42. The Labute approximate surface area is 229 Å². The van der Waals surface area contributed by atoms with Gasteiger partial charge < -0.3 is 14.6 Å². The van der Waals surface area contributed by atoms with Crippen molar-refractivity contribution in [1.82, 2.24) is 30.1 Å². The molecule has 0 radical (unpaired) electrons. The van der Waals surface area contributed by atoms with Crippen molar-refractivity contribution in [1.29, 1.82) is 0 Å². The third-order valence-electron chi connectivity index (χ3n) is 8.22. The van der Waals surface area contributed by atoms with E-state index >= 15 is 0 Å². The van der Waals surface area contributed by atoms with Gasteiger partial charge in [0, 0.05) is 48.3 Å². The predicted molar refractivity (Wildman–Crippen MR) is 155 cm³/mol. The van der Waals surface area contributed by atoms with Crippen LogP contribution in [0, 0.1) is 13.8 Å². The number of pyridine rings is 1. The number of piperazine rings is 1. The molecule has 1 aliphatic heterocycles. The van der Waals surface area contributed by atoms with Gasteiger partial charge in [0.25, 0.3) is 5.56 Å². The summed E-state index contributed by atoms with van der Waals surface area (Å²) in [4.78, 5) is 21.5. The Morgan fingerprint density at radius 3 is 2.54 bits per heavy atom. The molecule has 9 nitrogen and oxygen atoms in total. The van der Waals surface area contributed by atoms with E-state index in [0.29, 0.717) is 18.0 Å². The lowest BCUT2D eigenvalue weighted by molar-refractivity contribution is 0.186. The minimum Gasteiger partial charge on any atom is -0.494 e. The molecule has 9 heteroatoms. The van der Waals surface area contributed by atoms with Gasteiger partial charge >= 0.3 is 0 Å². The second kappa shape index (κ2) is 10.8. The Morgan fingerprint density at radius 2 is 1.82 bits per heavy atom. The number of hydrogen-bond donors (Lipinski definition) is 1. The zero-order chi connectivity index (χ0) is 27.7. The minimum absolute atomic E-state index is 0.127. The van der Waals surface area contributed by atoms with Crippen LogP contribution in [0.15, 0.2) is 47.3 Å². The van der Waals surface area contributed by atoms with Gasteiger partial charge in [-0.15, -0.1) is 5.10 Å². The predicted octanol–water partition coefficient (Wildman–Crippen LogP) is 4.59. The van der Waals surface area contributed by atoms with Gasteiger partial charge in [-0.25, -0.2) is 4.68 Å². The van der Waals surface area contributed by atoms with Crippen LogP contribution in [0.1, 0.15) is 62.7 Å². The van der Waals surface area contributed by atoms with Crippen LogP contribution in [0.25, 0.3) is 10.9 Å². The number of rotatable bonds is 8. The van der Waals surface area contributed by atoms with Crippen molar-refractivity contribution in [2.24, 2.45) is 0 Å². The minimum atomic E-state index is -0.393. The van der Waals surface area contributed by atoms with Crippen molar-refractivity contribution in [3.63, 3.8) is 0 Å². The van der Waals surface area contributed by atoms with Gasteiger partial charge in [0.05, 0.1) is 12.1 Å². The smallest absolute Gasteiger partial charge is 0.253 e.